The van der Waals surface area contributed by atoms with Crippen LogP contribution >= 0.6 is 0 Å². The molecular weight excluding hydrogens is 256 g/mol. The first-order valence-corrected chi connectivity index (χ1v) is 7.02. The number of carbonyl (C=O) groups excluding carboxylic acids is 1. The SMILES string of the molecule is CCC(C)(C)NC(=O)Cn1cnc2c(c1=O)CCNC2. The van der Waals surface area contributed by atoms with Gasteiger partial charge in [0.25, 0.3) is 5.56 Å². The summed E-state index contributed by atoms with van der Waals surface area (Å²) in [4.78, 5) is 28.6. The molecule has 0 saturated carbocycles. The van der Waals surface area contributed by atoms with Gasteiger partial charge in [0, 0.05) is 17.6 Å². The molecule has 1 aromatic rings. The molecule has 1 aliphatic rings. The zero-order chi connectivity index (χ0) is 14.8. The summed E-state index contributed by atoms with van der Waals surface area (Å²) < 4.78 is 1.39. The van der Waals surface area contributed by atoms with Crippen LogP contribution in [0.5, 0.6) is 0 Å². The van der Waals surface area contributed by atoms with Gasteiger partial charge in [-0.3, -0.25) is 14.2 Å². The van der Waals surface area contributed by atoms with E-state index in [1.807, 2.05) is 20.8 Å². The average Bonchev–Trinajstić information content (AvgIpc) is 2.42. The van der Waals surface area contributed by atoms with Crippen molar-refractivity contribution in [3.05, 3.63) is 27.9 Å². The van der Waals surface area contributed by atoms with E-state index < -0.39 is 0 Å². The van der Waals surface area contributed by atoms with Crippen LogP contribution in [-0.4, -0.2) is 27.5 Å². The quantitative estimate of drug-likeness (QED) is 0.824. The summed E-state index contributed by atoms with van der Waals surface area (Å²) in [5.74, 6) is -0.158. The van der Waals surface area contributed by atoms with Gasteiger partial charge in [0.05, 0.1) is 12.0 Å². The van der Waals surface area contributed by atoms with Gasteiger partial charge < -0.3 is 10.6 Å². The van der Waals surface area contributed by atoms with Gasteiger partial charge in [-0.1, -0.05) is 6.92 Å². The summed E-state index contributed by atoms with van der Waals surface area (Å²) in [5.41, 5.74) is 1.17. The van der Waals surface area contributed by atoms with Crippen molar-refractivity contribution in [2.24, 2.45) is 0 Å². The molecule has 0 saturated heterocycles. The minimum atomic E-state index is -0.258. The summed E-state index contributed by atoms with van der Waals surface area (Å²) >= 11 is 0. The molecule has 6 nitrogen and oxygen atoms in total. The lowest BCUT2D eigenvalue weighted by molar-refractivity contribution is -0.123. The van der Waals surface area contributed by atoms with E-state index in [-0.39, 0.29) is 23.6 Å². The highest BCUT2D eigenvalue weighted by molar-refractivity contribution is 5.76. The lowest BCUT2D eigenvalue weighted by Crippen LogP contribution is -2.45. The second-order valence-electron chi connectivity index (χ2n) is 5.82. The Balaban J connectivity index is 2.14. The Morgan fingerprint density at radius 3 is 3.00 bits per heavy atom. The van der Waals surface area contributed by atoms with Crippen molar-refractivity contribution in [1.29, 1.82) is 0 Å². The Hall–Kier alpha value is -1.69. The second kappa shape index (κ2) is 5.75. The van der Waals surface area contributed by atoms with Crippen LogP contribution in [0.1, 0.15) is 38.4 Å². The number of aromatic nitrogens is 2. The van der Waals surface area contributed by atoms with Crippen molar-refractivity contribution in [3.8, 4) is 0 Å². The fourth-order valence-electron chi connectivity index (χ4n) is 2.16. The summed E-state index contributed by atoms with van der Waals surface area (Å²) in [7, 11) is 0. The normalized spacial score (nSPS) is 14.8. The van der Waals surface area contributed by atoms with Gasteiger partial charge in [-0.2, -0.15) is 0 Å². The number of amides is 1. The van der Waals surface area contributed by atoms with E-state index >= 15 is 0 Å². The predicted molar refractivity (Wildman–Crippen MR) is 76.4 cm³/mol. The smallest absolute Gasteiger partial charge is 0.257 e. The van der Waals surface area contributed by atoms with Gasteiger partial charge in [-0.25, -0.2) is 4.98 Å². The third-order valence-electron chi connectivity index (χ3n) is 3.74. The molecule has 110 valence electrons. The molecule has 20 heavy (non-hydrogen) atoms. The maximum Gasteiger partial charge on any atom is 0.257 e. The Morgan fingerprint density at radius 2 is 2.30 bits per heavy atom. The highest BCUT2D eigenvalue weighted by atomic mass is 16.2. The Kier molecular flexibility index (Phi) is 4.23. The topological polar surface area (TPSA) is 76.0 Å². The van der Waals surface area contributed by atoms with E-state index in [4.69, 9.17) is 0 Å². The maximum atomic E-state index is 12.3. The maximum absolute atomic E-state index is 12.3. The second-order valence-corrected chi connectivity index (χ2v) is 5.82. The van der Waals surface area contributed by atoms with Gasteiger partial charge in [0.15, 0.2) is 0 Å². The molecule has 0 spiro atoms. The van der Waals surface area contributed by atoms with Crippen LogP contribution in [0.15, 0.2) is 11.1 Å². The van der Waals surface area contributed by atoms with Gasteiger partial charge >= 0.3 is 0 Å². The molecule has 0 atom stereocenters. The summed E-state index contributed by atoms with van der Waals surface area (Å²) in [6.07, 6.45) is 2.97. The molecule has 0 aliphatic carbocycles. The zero-order valence-corrected chi connectivity index (χ0v) is 12.3. The zero-order valence-electron chi connectivity index (χ0n) is 12.3. The minimum absolute atomic E-state index is 0.0238. The van der Waals surface area contributed by atoms with Crippen LogP contribution in [0.3, 0.4) is 0 Å². The molecule has 2 rings (SSSR count). The molecule has 2 heterocycles. The highest BCUT2D eigenvalue weighted by Crippen LogP contribution is 2.07. The van der Waals surface area contributed by atoms with Crippen molar-refractivity contribution in [3.63, 3.8) is 0 Å². The first-order valence-electron chi connectivity index (χ1n) is 7.02. The number of nitrogens with zero attached hydrogens (tertiary/aromatic N) is 2. The lowest BCUT2D eigenvalue weighted by atomic mass is 10.0. The Labute approximate surface area is 118 Å². The van der Waals surface area contributed by atoms with E-state index in [1.165, 1.54) is 10.9 Å². The monoisotopic (exact) mass is 278 g/mol. The van der Waals surface area contributed by atoms with Crippen LogP contribution in [0.4, 0.5) is 0 Å². The molecule has 2 N–H and O–H groups in total. The van der Waals surface area contributed by atoms with Crippen LogP contribution in [0, 0.1) is 0 Å². The van der Waals surface area contributed by atoms with Crippen molar-refractivity contribution in [2.75, 3.05) is 6.54 Å². The van der Waals surface area contributed by atoms with Crippen LogP contribution < -0.4 is 16.2 Å². The van der Waals surface area contributed by atoms with Crippen LogP contribution in [0.25, 0.3) is 0 Å². The van der Waals surface area contributed by atoms with Crippen molar-refractivity contribution in [2.45, 2.75) is 52.2 Å². The largest absolute Gasteiger partial charge is 0.350 e. The van der Waals surface area contributed by atoms with Gasteiger partial charge in [-0.15, -0.1) is 0 Å². The molecule has 0 aromatic carbocycles. The van der Waals surface area contributed by atoms with Gasteiger partial charge in [0.2, 0.25) is 5.91 Å². The molecule has 0 fully saturated rings. The Morgan fingerprint density at radius 1 is 1.55 bits per heavy atom. The first-order chi connectivity index (χ1) is 9.43. The van der Waals surface area contributed by atoms with E-state index in [0.29, 0.717) is 13.0 Å². The first kappa shape index (κ1) is 14.7. The number of rotatable bonds is 4. The predicted octanol–water partition coefficient (Wildman–Crippen LogP) is 0.194. The third-order valence-corrected chi connectivity index (χ3v) is 3.74. The summed E-state index contributed by atoms with van der Waals surface area (Å²) in [6.45, 7) is 7.37. The Bertz CT molecular complexity index is 563. The summed E-state index contributed by atoms with van der Waals surface area (Å²) in [6, 6.07) is 0. The number of carbonyl (C=O) groups is 1. The number of hydrogen-bond donors (Lipinski definition) is 2. The molecular formula is C14H22N4O2. The van der Waals surface area contributed by atoms with Crippen LogP contribution in [0.2, 0.25) is 0 Å². The number of fused-ring (bicyclic) bond motifs is 1. The highest BCUT2D eigenvalue weighted by Gasteiger charge is 2.20. The third kappa shape index (κ3) is 3.25. The standard InChI is InChI=1S/C14H22N4O2/c1-4-14(2,3)17-12(19)8-18-9-16-11-7-15-6-5-10(11)13(18)20/h9,15H,4-8H2,1-3H3,(H,17,19). The molecule has 0 bridgehead atoms. The molecule has 1 aromatic heterocycles. The van der Waals surface area contributed by atoms with Crippen LogP contribution in [-0.2, 0) is 24.3 Å². The summed E-state index contributed by atoms with van der Waals surface area (Å²) in [5, 5.41) is 6.10. The van der Waals surface area contributed by atoms with Crippen molar-refractivity contribution >= 4 is 5.91 Å². The van der Waals surface area contributed by atoms with Gasteiger partial charge in [0.1, 0.15) is 6.54 Å². The lowest BCUT2D eigenvalue weighted by Gasteiger charge is -2.24. The molecule has 0 unspecified atom stereocenters. The molecule has 6 heteroatoms. The fourth-order valence-corrected chi connectivity index (χ4v) is 2.16. The number of hydrogen-bond acceptors (Lipinski definition) is 4. The minimum Gasteiger partial charge on any atom is -0.350 e. The van der Waals surface area contributed by atoms with Crippen molar-refractivity contribution < 1.29 is 4.79 Å². The molecule has 0 radical (unpaired) electrons. The van der Waals surface area contributed by atoms with E-state index in [9.17, 15) is 9.59 Å². The van der Waals surface area contributed by atoms with E-state index in [2.05, 4.69) is 15.6 Å². The van der Waals surface area contributed by atoms with E-state index in [0.717, 1.165) is 24.2 Å². The number of nitrogens with one attached hydrogen (secondary N) is 2. The fraction of sp³-hybridized carbons (Fsp3) is 0.643. The molecule has 1 aliphatic heterocycles. The molecule has 1 amide bonds. The van der Waals surface area contributed by atoms with E-state index in [1.54, 1.807) is 0 Å². The van der Waals surface area contributed by atoms with Crippen molar-refractivity contribution in [1.82, 2.24) is 20.2 Å². The average molecular weight is 278 g/mol. The van der Waals surface area contributed by atoms with Gasteiger partial charge in [-0.05, 0) is 33.2 Å².